The zero-order chi connectivity index (χ0) is 14.3. The second-order valence-electron chi connectivity index (χ2n) is 3.65. The Morgan fingerprint density at radius 2 is 2.16 bits per heavy atom. The van der Waals surface area contributed by atoms with Crippen molar-refractivity contribution in [2.75, 3.05) is 11.9 Å². The van der Waals surface area contributed by atoms with Crippen LogP contribution in [0.3, 0.4) is 0 Å². The van der Waals surface area contributed by atoms with Gasteiger partial charge in [-0.15, -0.1) is 0 Å². The zero-order valence-corrected chi connectivity index (χ0v) is 12.0. The number of halogens is 1. The van der Waals surface area contributed by atoms with Crippen LogP contribution in [-0.2, 0) is 14.3 Å². The monoisotopic (exact) mass is 324 g/mol. The van der Waals surface area contributed by atoms with Gasteiger partial charge in [-0.3, -0.25) is 9.59 Å². The Morgan fingerprint density at radius 3 is 2.79 bits per heavy atom. The van der Waals surface area contributed by atoms with Gasteiger partial charge < -0.3 is 10.1 Å². The molecule has 0 saturated carbocycles. The molecule has 6 heteroatoms. The Morgan fingerprint density at radius 1 is 1.42 bits per heavy atom. The third-order valence-electron chi connectivity index (χ3n) is 2.24. The molecule has 0 aliphatic rings. The maximum Gasteiger partial charge on any atom is 0.306 e. The van der Waals surface area contributed by atoms with Crippen molar-refractivity contribution < 1.29 is 14.3 Å². The average molecular weight is 325 g/mol. The first-order chi connectivity index (χ1) is 9.06. The SMILES string of the molecule is CCOC(=O)CCC(=O)Nc1cc(Br)ccc1C#N. The number of hydrogen-bond acceptors (Lipinski definition) is 4. The van der Waals surface area contributed by atoms with E-state index in [1.165, 1.54) is 0 Å². The van der Waals surface area contributed by atoms with Crippen molar-refractivity contribution in [3.8, 4) is 6.07 Å². The van der Waals surface area contributed by atoms with Crippen molar-refractivity contribution in [1.82, 2.24) is 0 Å². The number of anilines is 1. The molecule has 0 spiro atoms. The second-order valence-corrected chi connectivity index (χ2v) is 4.57. The van der Waals surface area contributed by atoms with E-state index in [-0.39, 0.29) is 18.7 Å². The van der Waals surface area contributed by atoms with Gasteiger partial charge >= 0.3 is 5.97 Å². The van der Waals surface area contributed by atoms with Crippen LogP contribution in [-0.4, -0.2) is 18.5 Å². The van der Waals surface area contributed by atoms with Crippen molar-refractivity contribution >= 4 is 33.5 Å². The van der Waals surface area contributed by atoms with Gasteiger partial charge in [-0.25, -0.2) is 0 Å². The summed E-state index contributed by atoms with van der Waals surface area (Å²) in [4.78, 5) is 22.8. The molecule has 1 N–H and O–H groups in total. The summed E-state index contributed by atoms with van der Waals surface area (Å²) in [5.41, 5.74) is 0.790. The quantitative estimate of drug-likeness (QED) is 0.844. The number of hydrogen-bond donors (Lipinski definition) is 1. The Labute approximate surface area is 119 Å². The molecule has 0 saturated heterocycles. The van der Waals surface area contributed by atoms with Gasteiger partial charge in [0.2, 0.25) is 5.91 Å². The van der Waals surface area contributed by atoms with E-state index in [4.69, 9.17) is 10.00 Å². The normalized spacial score (nSPS) is 9.53. The Hall–Kier alpha value is -1.87. The summed E-state index contributed by atoms with van der Waals surface area (Å²) in [7, 11) is 0. The van der Waals surface area contributed by atoms with Gasteiger partial charge in [-0.05, 0) is 25.1 Å². The maximum atomic E-state index is 11.7. The summed E-state index contributed by atoms with van der Waals surface area (Å²) in [6.07, 6.45) is 0.0474. The number of ether oxygens (including phenoxy) is 1. The molecule has 0 unspecified atom stereocenters. The molecule has 1 aromatic rings. The summed E-state index contributed by atoms with van der Waals surface area (Å²) in [5.74, 6) is -0.741. The van der Waals surface area contributed by atoms with Crippen molar-refractivity contribution in [2.24, 2.45) is 0 Å². The average Bonchev–Trinajstić information content (AvgIpc) is 2.37. The second kappa shape index (κ2) is 7.54. The van der Waals surface area contributed by atoms with E-state index < -0.39 is 5.97 Å². The maximum absolute atomic E-state index is 11.7. The number of carbonyl (C=O) groups is 2. The summed E-state index contributed by atoms with van der Waals surface area (Å²) < 4.78 is 5.48. The Balaban J connectivity index is 2.60. The van der Waals surface area contributed by atoms with Crippen LogP contribution in [0.5, 0.6) is 0 Å². The van der Waals surface area contributed by atoms with Gasteiger partial charge in [-0.2, -0.15) is 5.26 Å². The van der Waals surface area contributed by atoms with Crippen molar-refractivity contribution in [1.29, 1.82) is 5.26 Å². The van der Waals surface area contributed by atoms with Crippen molar-refractivity contribution in [3.05, 3.63) is 28.2 Å². The molecule has 0 aliphatic carbocycles. The number of nitriles is 1. The van der Waals surface area contributed by atoms with Crippen molar-refractivity contribution in [3.63, 3.8) is 0 Å². The minimum atomic E-state index is -0.410. The topological polar surface area (TPSA) is 79.2 Å². The zero-order valence-electron chi connectivity index (χ0n) is 10.4. The van der Waals surface area contributed by atoms with Crippen LogP contribution in [0, 0.1) is 11.3 Å². The fourth-order valence-corrected chi connectivity index (χ4v) is 1.74. The fourth-order valence-electron chi connectivity index (χ4n) is 1.38. The summed E-state index contributed by atoms with van der Waals surface area (Å²) in [5, 5.41) is 11.5. The highest BCUT2D eigenvalue weighted by atomic mass is 79.9. The van der Waals surface area contributed by atoms with Crippen LogP contribution in [0.1, 0.15) is 25.3 Å². The van der Waals surface area contributed by atoms with E-state index in [0.29, 0.717) is 17.9 Å². The van der Waals surface area contributed by atoms with Gasteiger partial charge in [-0.1, -0.05) is 15.9 Å². The molecule has 0 fully saturated rings. The molecular weight excluding hydrogens is 312 g/mol. The molecule has 1 rings (SSSR count). The first-order valence-corrected chi connectivity index (χ1v) is 6.51. The highest BCUT2D eigenvalue weighted by molar-refractivity contribution is 9.10. The third-order valence-corrected chi connectivity index (χ3v) is 2.73. The first-order valence-electron chi connectivity index (χ1n) is 5.72. The number of carbonyl (C=O) groups excluding carboxylic acids is 2. The number of esters is 1. The molecule has 0 heterocycles. The van der Waals surface area contributed by atoms with Crippen LogP contribution in [0.15, 0.2) is 22.7 Å². The molecule has 0 aliphatic heterocycles. The lowest BCUT2D eigenvalue weighted by atomic mass is 10.2. The third kappa shape index (κ3) is 5.10. The summed E-state index contributed by atoms with van der Waals surface area (Å²) in [6.45, 7) is 2.00. The van der Waals surface area contributed by atoms with Gasteiger partial charge in [0.1, 0.15) is 6.07 Å². The first kappa shape index (κ1) is 15.2. The predicted molar refractivity (Wildman–Crippen MR) is 73.4 cm³/mol. The molecule has 0 radical (unpaired) electrons. The molecule has 0 bridgehead atoms. The van der Waals surface area contributed by atoms with Gasteiger partial charge in [0.25, 0.3) is 0 Å². The van der Waals surface area contributed by atoms with Crippen LogP contribution in [0.2, 0.25) is 0 Å². The standard InChI is InChI=1S/C13H13BrN2O3/c1-2-19-13(18)6-5-12(17)16-11-7-10(14)4-3-9(11)8-15/h3-4,7H,2,5-6H2,1H3,(H,16,17). The molecule has 0 aromatic heterocycles. The lowest BCUT2D eigenvalue weighted by molar-refractivity contribution is -0.144. The van der Waals surface area contributed by atoms with Gasteiger partial charge in [0, 0.05) is 10.9 Å². The van der Waals surface area contributed by atoms with Gasteiger partial charge in [0.15, 0.2) is 0 Å². The van der Waals surface area contributed by atoms with E-state index in [9.17, 15) is 9.59 Å². The van der Waals surface area contributed by atoms with Crippen LogP contribution in [0.25, 0.3) is 0 Å². The summed E-state index contributed by atoms with van der Waals surface area (Å²) in [6, 6.07) is 6.94. The molecule has 100 valence electrons. The smallest absolute Gasteiger partial charge is 0.306 e. The molecule has 1 aromatic carbocycles. The van der Waals surface area contributed by atoms with Gasteiger partial charge in [0.05, 0.1) is 24.3 Å². The molecule has 0 atom stereocenters. The Bertz CT molecular complexity index is 523. The summed E-state index contributed by atoms with van der Waals surface area (Å²) >= 11 is 3.26. The lowest BCUT2D eigenvalue weighted by Gasteiger charge is -2.07. The molecule has 19 heavy (non-hydrogen) atoms. The molecule has 1 amide bonds. The van der Waals surface area contributed by atoms with E-state index in [2.05, 4.69) is 21.2 Å². The molecule has 5 nitrogen and oxygen atoms in total. The lowest BCUT2D eigenvalue weighted by Crippen LogP contribution is -2.15. The van der Waals surface area contributed by atoms with Crippen molar-refractivity contribution in [2.45, 2.75) is 19.8 Å². The van der Waals surface area contributed by atoms with Crippen LogP contribution in [0.4, 0.5) is 5.69 Å². The number of nitrogens with one attached hydrogen (secondary N) is 1. The van der Waals surface area contributed by atoms with E-state index >= 15 is 0 Å². The largest absolute Gasteiger partial charge is 0.466 e. The number of rotatable bonds is 5. The number of nitrogens with zero attached hydrogens (tertiary/aromatic N) is 1. The highest BCUT2D eigenvalue weighted by Crippen LogP contribution is 2.21. The fraction of sp³-hybridized carbons (Fsp3) is 0.308. The minimum Gasteiger partial charge on any atom is -0.466 e. The Kier molecular flexibility index (Phi) is 6.03. The number of amides is 1. The number of benzene rings is 1. The van der Waals surface area contributed by atoms with E-state index in [1.807, 2.05) is 6.07 Å². The minimum absolute atomic E-state index is 0.0234. The van der Waals surface area contributed by atoms with Crippen LogP contribution >= 0.6 is 15.9 Å². The molecular formula is C13H13BrN2O3. The predicted octanol–water partition coefficient (Wildman–Crippen LogP) is 2.60. The van der Waals surface area contributed by atoms with Crippen LogP contribution < -0.4 is 5.32 Å². The highest BCUT2D eigenvalue weighted by Gasteiger charge is 2.10. The van der Waals surface area contributed by atoms with E-state index in [1.54, 1.807) is 25.1 Å². The van der Waals surface area contributed by atoms with E-state index in [0.717, 1.165) is 4.47 Å².